The van der Waals surface area contributed by atoms with Crippen molar-refractivity contribution < 1.29 is 14.3 Å². The van der Waals surface area contributed by atoms with Crippen molar-refractivity contribution in [3.63, 3.8) is 0 Å². The van der Waals surface area contributed by atoms with E-state index in [-0.39, 0.29) is 6.10 Å². The van der Waals surface area contributed by atoms with Crippen molar-refractivity contribution in [3.05, 3.63) is 59.7 Å². The number of oxazole rings is 1. The molecule has 0 saturated carbocycles. The number of aryl methyl sites for hydroxylation is 1. The van der Waals surface area contributed by atoms with Crippen LogP contribution in [0.4, 0.5) is 0 Å². The van der Waals surface area contributed by atoms with E-state index < -0.39 is 6.10 Å². The number of nitrogens with zero attached hydrogens (tertiary/aromatic N) is 1. The van der Waals surface area contributed by atoms with Crippen molar-refractivity contribution in [2.24, 2.45) is 0 Å². The van der Waals surface area contributed by atoms with Gasteiger partial charge in [0, 0.05) is 5.75 Å². The molecule has 0 spiro atoms. The number of thioether (sulfide) groups is 1. The predicted molar refractivity (Wildman–Crippen MR) is 98.8 cm³/mol. The minimum absolute atomic E-state index is 0.0916. The van der Waals surface area contributed by atoms with Crippen LogP contribution in [0.25, 0.3) is 11.1 Å². The molecule has 0 saturated heterocycles. The van der Waals surface area contributed by atoms with Gasteiger partial charge in [-0.05, 0) is 42.5 Å². The fourth-order valence-corrected chi connectivity index (χ4v) is 3.98. The topological polar surface area (TPSA) is 55.5 Å². The summed E-state index contributed by atoms with van der Waals surface area (Å²) in [5, 5.41) is 10.8. The Kier molecular flexibility index (Phi) is 5.06. The predicted octanol–water partition coefficient (Wildman–Crippen LogP) is 4.38. The van der Waals surface area contributed by atoms with Gasteiger partial charge in [-0.2, -0.15) is 0 Å². The first-order valence-corrected chi connectivity index (χ1v) is 9.64. The number of hydrogen-bond acceptors (Lipinski definition) is 5. The lowest BCUT2D eigenvalue weighted by Crippen LogP contribution is -2.22. The second-order valence-electron chi connectivity index (χ2n) is 6.33. The molecule has 5 heteroatoms. The molecular formula is C20H21NO3S. The Morgan fingerprint density at radius 1 is 1.20 bits per heavy atom. The van der Waals surface area contributed by atoms with Gasteiger partial charge in [0.2, 0.25) is 0 Å². The molecule has 1 aromatic heterocycles. The molecule has 2 aromatic carbocycles. The Morgan fingerprint density at radius 2 is 2.04 bits per heavy atom. The summed E-state index contributed by atoms with van der Waals surface area (Å²) in [7, 11) is 0. The monoisotopic (exact) mass is 355 g/mol. The van der Waals surface area contributed by atoms with Crippen LogP contribution < -0.4 is 0 Å². The van der Waals surface area contributed by atoms with Crippen molar-refractivity contribution in [2.45, 2.75) is 36.7 Å². The number of aliphatic hydroxyl groups excluding tert-OH is 1. The largest absolute Gasteiger partial charge is 0.431 e. The van der Waals surface area contributed by atoms with Crippen molar-refractivity contribution in [2.75, 3.05) is 12.4 Å². The number of aliphatic hydroxyl groups is 1. The average molecular weight is 355 g/mol. The Balaban J connectivity index is 1.30. The van der Waals surface area contributed by atoms with Crippen LogP contribution in [-0.2, 0) is 11.2 Å². The van der Waals surface area contributed by atoms with Crippen LogP contribution in [-0.4, -0.2) is 28.6 Å². The average Bonchev–Trinajstić information content (AvgIpc) is 3.07. The summed E-state index contributed by atoms with van der Waals surface area (Å²) in [5.74, 6) is 0.501. The second-order valence-corrected chi connectivity index (χ2v) is 7.30. The fraction of sp³-hybridized carbons (Fsp3) is 0.350. The van der Waals surface area contributed by atoms with E-state index in [1.807, 2.05) is 24.3 Å². The summed E-state index contributed by atoms with van der Waals surface area (Å²) < 4.78 is 11.7. The number of benzene rings is 2. The normalized spacial score (nSPS) is 18.2. The number of para-hydroxylation sites is 2. The first-order valence-electron chi connectivity index (χ1n) is 8.65. The molecule has 1 aliphatic rings. The number of hydrogen-bond donors (Lipinski definition) is 1. The quantitative estimate of drug-likeness (QED) is 0.665. The van der Waals surface area contributed by atoms with Gasteiger partial charge in [0.25, 0.3) is 5.22 Å². The fourth-order valence-electron chi connectivity index (χ4n) is 3.24. The van der Waals surface area contributed by atoms with Gasteiger partial charge in [0.15, 0.2) is 5.58 Å². The Morgan fingerprint density at radius 3 is 2.96 bits per heavy atom. The molecule has 0 unspecified atom stereocenters. The van der Waals surface area contributed by atoms with E-state index >= 15 is 0 Å². The smallest absolute Gasteiger partial charge is 0.256 e. The zero-order valence-electron chi connectivity index (χ0n) is 13.9. The minimum atomic E-state index is -0.547. The molecule has 0 aliphatic heterocycles. The third-order valence-corrected chi connectivity index (χ3v) is 5.45. The summed E-state index contributed by atoms with van der Waals surface area (Å²) in [6.07, 6.45) is 2.81. The third-order valence-electron chi connectivity index (χ3n) is 4.48. The van der Waals surface area contributed by atoms with Gasteiger partial charge in [-0.25, -0.2) is 4.98 Å². The zero-order chi connectivity index (χ0) is 17.1. The van der Waals surface area contributed by atoms with E-state index in [0.29, 0.717) is 17.6 Å². The van der Waals surface area contributed by atoms with Crippen molar-refractivity contribution in [3.8, 4) is 0 Å². The van der Waals surface area contributed by atoms with E-state index in [4.69, 9.17) is 9.15 Å². The highest BCUT2D eigenvalue weighted by molar-refractivity contribution is 7.99. The standard InChI is InChI=1S/C20H21NO3S/c22-15(13-25-20-21-17-9-3-4-10-19(17)24-20)12-23-18-11-5-7-14-6-1-2-8-16(14)18/h1-4,6,8-10,15,18,22H,5,7,11-13H2/t15-,18+/m1/s1. The maximum absolute atomic E-state index is 10.2. The Bertz CT molecular complexity index is 815. The van der Waals surface area contributed by atoms with Gasteiger partial charge in [-0.3, -0.25) is 0 Å². The molecule has 1 N–H and O–H groups in total. The molecule has 4 nitrogen and oxygen atoms in total. The van der Waals surface area contributed by atoms with Crippen LogP contribution in [0.5, 0.6) is 0 Å². The van der Waals surface area contributed by atoms with Crippen LogP contribution in [0.15, 0.2) is 58.2 Å². The molecule has 0 fully saturated rings. The number of fused-ring (bicyclic) bond motifs is 2. The maximum Gasteiger partial charge on any atom is 0.256 e. The summed E-state index contributed by atoms with van der Waals surface area (Å²) in [4.78, 5) is 4.41. The number of ether oxygens (including phenoxy) is 1. The van der Waals surface area contributed by atoms with E-state index in [1.54, 1.807) is 0 Å². The van der Waals surface area contributed by atoms with Crippen LogP contribution in [0.1, 0.15) is 30.1 Å². The van der Waals surface area contributed by atoms with Crippen molar-refractivity contribution in [1.29, 1.82) is 0 Å². The van der Waals surface area contributed by atoms with Gasteiger partial charge >= 0.3 is 0 Å². The van der Waals surface area contributed by atoms with E-state index in [1.165, 1.54) is 22.9 Å². The minimum Gasteiger partial charge on any atom is -0.431 e. The summed E-state index contributed by atoms with van der Waals surface area (Å²) >= 11 is 1.42. The van der Waals surface area contributed by atoms with Crippen molar-refractivity contribution >= 4 is 22.9 Å². The second kappa shape index (κ2) is 7.60. The highest BCUT2D eigenvalue weighted by Crippen LogP contribution is 2.32. The van der Waals surface area contributed by atoms with Gasteiger partial charge in [0.05, 0.1) is 18.8 Å². The highest BCUT2D eigenvalue weighted by Gasteiger charge is 2.21. The third kappa shape index (κ3) is 3.89. The molecule has 1 heterocycles. The number of aromatic nitrogens is 1. The van der Waals surface area contributed by atoms with Gasteiger partial charge < -0.3 is 14.3 Å². The lowest BCUT2D eigenvalue weighted by Gasteiger charge is -2.26. The molecule has 130 valence electrons. The van der Waals surface area contributed by atoms with Crippen molar-refractivity contribution in [1.82, 2.24) is 4.98 Å². The molecule has 0 radical (unpaired) electrons. The van der Waals surface area contributed by atoms with E-state index in [0.717, 1.165) is 30.4 Å². The zero-order valence-corrected chi connectivity index (χ0v) is 14.7. The lowest BCUT2D eigenvalue weighted by atomic mass is 9.89. The molecule has 1 aliphatic carbocycles. The van der Waals surface area contributed by atoms with Crippen LogP contribution in [0, 0.1) is 0 Å². The molecule has 0 amide bonds. The van der Waals surface area contributed by atoms with Crippen LogP contribution in [0.2, 0.25) is 0 Å². The van der Waals surface area contributed by atoms with Crippen LogP contribution >= 0.6 is 11.8 Å². The Hall–Kier alpha value is -1.82. The molecular weight excluding hydrogens is 334 g/mol. The molecule has 0 bridgehead atoms. The summed E-state index contributed by atoms with van der Waals surface area (Å²) in [6.45, 7) is 0.326. The van der Waals surface area contributed by atoms with E-state index in [9.17, 15) is 5.11 Å². The van der Waals surface area contributed by atoms with Gasteiger partial charge in [-0.15, -0.1) is 0 Å². The summed E-state index contributed by atoms with van der Waals surface area (Å²) in [6, 6.07) is 16.1. The lowest BCUT2D eigenvalue weighted by molar-refractivity contribution is -0.00963. The number of rotatable bonds is 6. The molecule has 25 heavy (non-hydrogen) atoms. The molecule has 4 rings (SSSR count). The Labute approximate surface area is 151 Å². The highest BCUT2D eigenvalue weighted by atomic mass is 32.2. The first kappa shape index (κ1) is 16.6. The SMILES string of the molecule is O[C@H](CO[C@H]1CCCc2ccccc21)CSc1nc2ccccc2o1. The molecule has 3 aromatic rings. The van der Waals surface area contributed by atoms with Gasteiger partial charge in [-0.1, -0.05) is 48.2 Å². The van der Waals surface area contributed by atoms with Crippen LogP contribution in [0.3, 0.4) is 0 Å². The van der Waals surface area contributed by atoms with Gasteiger partial charge in [0.1, 0.15) is 5.52 Å². The maximum atomic E-state index is 10.2. The first-order chi connectivity index (χ1) is 12.3. The summed E-state index contributed by atoms with van der Waals surface area (Å²) in [5.41, 5.74) is 4.26. The molecule has 2 atom stereocenters. The van der Waals surface area contributed by atoms with E-state index in [2.05, 4.69) is 29.2 Å².